The molecule has 50 heavy (non-hydrogen) atoms. The molecular formula is C45H31N3OSi. The smallest absolute Gasteiger partial charge is 0.179 e. The second-order valence-electron chi connectivity index (χ2n) is 12.1. The van der Waals surface area contributed by atoms with Crippen LogP contribution in [-0.2, 0) is 0 Å². The SMILES string of the molecule is [2H]c1cc([2H])c2oc3ccc([2H])c(-c4nc(-c5ccccc5)nc(-c5ccc([Si](c6ccccc6)(c6ccccc6)c6ccccc6)cc5)n4)c3c2c1. The molecule has 2 aromatic heterocycles. The van der Waals surface area contributed by atoms with Gasteiger partial charge in [-0.05, 0) is 32.9 Å². The molecule has 0 bridgehead atoms. The van der Waals surface area contributed by atoms with Crippen molar-refractivity contribution in [2.45, 2.75) is 0 Å². The monoisotopic (exact) mass is 660 g/mol. The molecule has 0 unspecified atom stereocenters. The quantitative estimate of drug-likeness (QED) is 0.128. The van der Waals surface area contributed by atoms with E-state index in [0.29, 0.717) is 45.0 Å². The van der Waals surface area contributed by atoms with Gasteiger partial charge in [0.05, 0.1) is 4.11 Å². The minimum atomic E-state index is -2.74. The first-order valence-electron chi connectivity index (χ1n) is 18.0. The molecule has 9 rings (SSSR count). The van der Waals surface area contributed by atoms with Crippen LogP contribution in [0.2, 0.25) is 0 Å². The summed E-state index contributed by atoms with van der Waals surface area (Å²) in [6, 6.07) is 57.8. The minimum Gasteiger partial charge on any atom is -0.456 e. The lowest BCUT2D eigenvalue weighted by molar-refractivity contribution is 0.669. The first-order valence-corrected chi connectivity index (χ1v) is 18.5. The Morgan fingerprint density at radius 1 is 0.420 bits per heavy atom. The molecule has 0 aliphatic heterocycles. The molecule has 236 valence electrons. The average molecular weight is 661 g/mol. The van der Waals surface area contributed by atoms with E-state index in [1.807, 2.05) is 30.3 Å². The topological polar surface area (TPSA) is 51.8 Å². The highest BCUT2D eigenvalue weighted by molar-refractivity contribution is 7.19. The van der Waals surface area contributed by atoms with E-state index >= 15 is 0 Å². The Hall–Kier alpha value is -6.43. The molecule has 5 heteroatoms. The molecule has 0 fully saturated rings. The van der Waals surface area contributed by atoms with E-state index in [9.17, 15) is 0 Å². The van der Waals surface area contributed by atoms with Crippen LogP contribution in [0.3, 0.4) is 0 Å². The molecule has 0 amide bonds. The molecule has 0 spiro atoms. The second-order valence-corrected chi connectivity index (χ2v) is 15.9. The Kier molecular flexibility index (Phi) is 6.65. The molecule has 0 N–H and O–H groups in total. The number of nitrogens with zero attached hydrogens (tertiary/aromatic N) is 3. The van der Waals surface area contributed by atoms with E-state index in [-0.39, 0.29) is 18.1 Å². The Labute approximate surface area is 295 Å². The van der Waals surface area contributed by atoms with Crippen molar-refractivity contribution in [3.63, 3.8) is 0 Å². The van der Waals surface area contributed by atoms with E-state index in [0.717, 1.165) is 11.1 Å². The lowest BCUT2D eigenvalue weighted by Gasteiger charge is -2.34. The molecule has 4 nitrogen and oxygen atoms in total. The van der Waals surface area contributed by atoms with Gasteiger partial charge < -0.3 is 4.42 Å². The van der Waals surface area contributed by atoms with Crippen LogP contribution >= 0.6 is 0 Å². The summed E-state index contributed by atoms with van der Waals surface area (Å²) in [6.07, 6.45) is 0. The highest BCUT2D eigenvalue weighted by Gasteiger charge is 2.41. The Morgan fingerprint density at radius 3 is 1.50 bits per heavy atom. The zero-order valence-corrected chi connectivity index (χ0v) is 27.9. The van der Waals surface area contributed by atoms with Gasteiger partial charge in [-0.25, -0.2) is 15.0 Å². The van der Waals surface area contributed by atoms with Gasteiger partial charge in [0, 0.05) is 27.5 Å². The van der Waals surface area contributed by atoms with Crippen LogP contribution in [-0.4, -0.2) is 23.0 Å². The molecule has 0 saturated carbocycles. The van der Waals surface area contributed by atoms with Crippen molar-refractivity contribution in [1.29, 1.82) is 0 Å². The van der Waals surface area contributed by atoms with Gasteiger partial charge in [0.1, 0.15) is 11.2 Å². The van der Waals surface area contributed by atoms with Crippen molar-refractivity contribution in [3.05, 3.63) is 188 Å². The van der Waals surface area contributed by atoms with E-state index < -0.39 is 8.07 Å². The highest BCUT2D eigenvalue weighted by Crippen LogP contribution is 2.36. The Balaban J connectivity index is 1.26. The number of fused-ring (bicyclic) bond motifs is 3. The van der Waals surface area contributed by atoms with Crippen LogP contribution in [0.15, 0.2) is 192 Å². The second kappa shape index (κ2) is 12.5. The summed E-state index contributed by atoms with van der Waals surface area (Å²) in [4.78, 5) is 15.0. The summed E-state index contributed by atoms with van der Waals surface area (Å²) in [5.74, 6) is 1.26. The largest absolute Gasteiger partial charge is 0.456 e. The van der Waals surface area contributed by atoms with Crippen LogP contribution in [0.5, 0.6) is 0 Å². The number of para-hydroxylation sites is 1. The molecule has 2 heterocycles. The molecule has 7 aromatic carbocycles. The Morgan fingerprint density at radius 2 is 0.920 bits per heavy atom. The van der Waals surface area contributed by atoms with E-state index in [1.165, 1.54) is 26.8 Å². The summed E-state index contributed by atoms with van der Waals surface area (Å²) >= 11 is 0. The molecular weight excluding hydrogens is 627 g/mol. The maximum absolute atomic E-state index is 9.07. The maximum Gasteiger partial charge on any atom is 0.179 e. The van der Waals surface area contributed by atoms with Gasteiger partial charge in [-0.15, -0.1) is 0 Å². The van der Waals surface area contributed by atoms with Crippen LogP contribution in [0.1, 0.15) is 4.11 Å². The standard InChI is InChI=1S/C45H31N3OSi/c1-5-16-32(17-6-1)43-46-44(48-45(47-43)39-25-15-27-41-42(39)38-24-13-14-26-40(38)49-41)33-28-30-37(31-29-33)50(34-18-7-2-8-19-34,35-20-9-3-10-21-35)36-22-11-4-12-23-36/h1-31H/i13D,25D,26D. The maximum atomic E-state index is 9.07. The zero-order valence-electron chi connectivity index (χ0n) is 29.9. The molecule has 0 aliphatic carbocycles. The van der Waals surface area contributed by atoms with Crippen molar-refractivity contribution in [3.8, 4) is 34.2 Å². The van der Waals surface area contributed by atoms with E-state index in [2.05, 4.69) is 115 Å². The highest BCUT2D eigenvalue weighted by atomic mass is 28.3. The summed E-state index contributed by atoms with van der Waals surface area (Å²) in [7, 11) is -2.74. The van der Waals surface area contributed by atoms with Gasteiger partial charge in [-0.3, -0.25) is 0 Å². The lowest BCUT2D eigenvalue weighted by Crippen LogP contribution is -2.74. The number of benzene rings is 7. The fraction of sp³-hybridized carbons (Fsp3) is 0. The number of rotatable bonds is 7. The van der Waals surface area contributed by atoms with Crippen molar-refractivity contribution in [2.75, 3.05) is 0 Å². The van der Waals surface area contributed by atoms with Gasteiger partial charge >= 0.3 is 0 Å². The fourth-order valence-electron chi connectivity index (χ4n) is 7.03. The average Bonchev–Trinajstić information content (AvgIpc) is 3.58. The molecule has 0 saturated heterocycles. The van der Waals surface area contributed by atoms with Crippen LogP contribution in [0.4, 0.5) is 0 Å². The van der Waals surface area contributed by atoms with Crippen molar-refractivity contribution in [1.82, 2.24) is 15.0 Å². The first kappa shape index (κ1) is 26.5. The molecule has 0 aliphatic rings. The normalized spacial score (nSPS) is 12.4. The fourth-order valence-corrected chi connectivity index (χ4v) is 11.8. The van der Waals surface area contributed by atoms with Crippen LogP contribution < -0.4 is 20.7 Å². The summed E-state index contributed by atoms with van der Waals surface area (Å²) < 4.78 is 32.0. The van der Waals surface area contributed by atoms with Crippen molar-refractivity contribution < 1.29 is 8.53 Å². The van der Waals surface area contributed by atoms with E-state index in [1.54, 1.807) is 18.2 Å². The van der Waals surface area contributed by atoms with Gasteiger partial charge in [0.2, 0.25) is 0 Å². The number of hydrogen-bond acceptors (Lipinski definition) is 4. The van der Waals surface area contributed by atoms with Gasteiger partial charge in [-0.2, -0.15) is 0 Å². The molecule has 0 atom stereocenters. The predicted octanol–water partition coefficient (Wildman–Crippen LogP) is 8.15. The van der Waals surface area contributed by atoms with Gasteiger partial charge in [0.15, 0.2) is 25.5 Å². The third-order valence-corrected chi connectivity index (χ3v) is 14.1. The molecule has 0 radical (unpaired) electrons. The lowest BCUT2D eigenvalue weighted by atomic mass is 10.1. The molecule has 9 aromatic rings. The first-order chi connectivity index (χ1) is 26.0. The zero-order chi connectivity index (χ0) is 35.9. The van der Waals surface area contributed by atoms with Crippen LogP contribution in [0, 0.1) is 0 Å². The number of hydrogen-bond donors (Lipinski definition) is 0. The summed E-state index contributed by atoms with van der Waals surface area (Å²) in [5, 5.41) is 6.27. The predicted molar refractivity (Wildman–Crippen MR) is 207 cm³/mol. The third-order valence-electron chi connectivity index (χ3n) is 9.29. The van der Waals surface area contributed by atoms with Gasteiger partial charge in [0.25, 0.3) is 0 Å². The number of aromatic nitrogens is 3. The van der Waals surface area contributed by atoms with E-state index in [4.69, 9.17) is 23.5 Å². The Bertz CT molecular complexity index is 2650. The third kappa shape index (κ3) is 5.03. The number of furan rings is 1. The minimum absolute atomic E-state index is 0.115. The summed E-state index contributed by atoms with van der Waals surface area (Å²) in [5.41, 5.74) is 2.95. The summed E-state index contributed by atoms with van der Waals surface area (Å²) in [6.45, 7) is 0. The van der Waals surface area contributed by atoms with Crippen molar-refractivity contribution >= 4 is 50.8 Å². The van der Waals surface area contributed by atoms with Crippen LogP contribution in [0.25, 0.3) is 56.1 Å². The van der Waals surface area contributed by atoms with Crippen molar-refractivity contribution in [2.24, 2.45) is 0 Å². The van der Waals surface area contributed by atoms with Gasteiger partial charge in [-0.1, -0.05) is 176 Å².